The molecule has 13 heteroatoms. The van der Waals surface area contributed by atoms with Crippen LogP contribution in [0, 0.1) is 4.91 Å². The number of ether oxygens (including phenoxy) is 2. The average Bonchev–Trinajstić information content (AvgIpc) is 3.13. The molecule has 1 saturated heterocycles. The van der Waals surface area contributed by atoms with Crippen LogP contribution in [-0.2, 0) is 14.1 Å². The summed E-state index contributed by atoms with van der Waals surface area (Å²) in [6, 6.07) is 0. The Morgan fingerprint density at radius 3 is 3.04 bits per heavy atom. The van der Waals surface area contributed by atoms with Crippen molar-refractivity contribution < 1.29 is 14.1 Å². The molecule has 1 aliphatic heterocycles. The minimum atomic E-state index is -0.892. The molecule has 3 rings (SSSR count). The van der Waals surface area contributed by atoms with Crippen molar-refractivity contribution in [2.75, 3.05) is 12.3 Å². The van der Waals surface area contributed by atoms with Gasteiger partial charge in [-0.15, -0.1) is 4.91 Å². The summed E-state index contributed by atoms with van der Waals surface area (Å²) in [5, 5.41) is 0. The van der Waals surface area contributed by atoms with E-state index in [0.717, 1.165) is 0 Å². The van der Waals surface area contributed by atoms with E-state index in [1.165, 1.54) is 6.33 Å². The summed E-state index contributed by atoms with van der Waals surface area (Å²) in [6.45, 7) is 3.74. The molecule has 0 aliphatic carbocycles. The van der Waals surface area contributed by atoms with E-state index >= 15 is 0 Å². The number of nitrogen functional groups attached to an aromatic ring is 1. The predicted octanol–water partition coefficient (Wildman–Crippen LogP) is 0.446. The van der Waals surface area contributed by atoms with Crippen LogP contribution in [0.25, 0.3) is 11.2 Å². The highest BCUT2D eigenvalue weighted by Crippen LogP contribution is 2.38. The van der Waals surface area contributed by atoms with Gasteiger partial charge in [0.1, 0.15) is 30.1 Å². The van der Waals surface area contributed by atoms with Crippen LogP contribution in [-0.4, -0.2) is 52.1 Å². The smallest absolute Gasteiger partial charge is 0.283 e. The summed E-state index contributed by atoms with van der Waals surface area (Å²) in [4.78, 5) is 22.6. The lowest BCUT2D eigenvalue weighted by Gasteiger charge is -2.26. The van der Waals surface area contributed by atoms with E-state index < -0.39 is 24.2 Å². The highest BCUT2D eigenvalue weighted by molar-refractivity contribution is 7.95. The molecule has 132 valence electrons. The van der Waals surface area contributed by atoms with Crippen molar-refractivity contribution in [3.8, 4) is 0 Å². The van der Waals surface area contributed by atoms with E-state index in [0.29, 0.717) is 23.3 Å². The maximum absolute atomic E-state index is 10.2. The molecule has 11 nitrogen and oxygen atoms in total. The van der Waals surface area contributed by atoms with Crippen LogP contribution in [0.15, 0.2) is 17.2 Å². The summed E-state index contributed by atoms with van der Waals surface area (Å²) < 4.78 is 24.0. The van der Waals surface area contributed by atoms with E-state index in [1.54, 1.807) is 24.7 Å². The summed E-state index contributed by atoms with van der Waals surface area (Å²) >= 11 is 0.645. The van der Waals surface area contributed by atoms with Crippen molar-refractivity contribution in [2.24, 2.45) is 4.58 Å². The fourth-order valence-corrected chi connectivity index (χ4v) is 2.98. The van der Waals surface area contributed by atoms with Gasteiger partial charge in [0.2, 0.25) is 0 Å². The second-order valence-electron chi connectivity index (χ2n) is 5.76. The zero-order valence-corrected chi connectivity index (χ0v) is 14.3. The summed E-state index contributed by atoms with van der Waals surface area (Å²) in [5.74, 6) is -0.627. The van der Waals surface area contributed by atoms with Gasteiger partial charge in [-0.2, -0.15) is 0 Å². The lowest BCUT2D eigenvalue weighted by atomic mass is 10.1. The number of nitrogens with two attached hydrogens (primary N) is 1. The lowest BCUT2D eigenvalue weighted by Crippen LogP contribution is -2.41. The van der Waals surface area contributed by atoms with Gasteiger partial charge in [0.15, 0.2) is 23.5 Å². The highest BCUT2D eigenvalue weighted by atomic mass is 32.2. The molecule has 1 aliphatic rings. The molecule has 0 aromatic carbocycles. The Morgan fingerprint density at radius 2 is 2.32 bits per heavy atom. The van der Waals surface area contributed by atoms with Crippen LogP contribution in [0.3, 0.4) is 0 Å². The van der Waals surface area contributed by atoms with Crippen LogP contribution in [0.4, 0.5) is 5.82 Å². The molecule has 2 radical (unpaired) electrons. The Balaban J connectivity index is 1.93. The minimum absolute atomic E-state index is 0.206. The van der Waals surface area contributed by atoms with Gasteiger partial charge < -0.3 is 19.9 Å². The Kier molecular flexibility index (Phi) is 5.20. The molecule has 2 aromatic rings. The fraction of sp³-hybridized carbons (Fsp3) is 0.583. The van der Waals surface area contributed by atoms with Crippen molar-refractivity contribution in [1.29, 1.82) is 0 Å². The van der Waals surface area contributed by atoms with Gasteiger partial charge in [0.05, 0.1) is 12.4 Å². The van der Waals surface area contributed by atoms with E-state index in [1.807, 2.05) is 0 Å². The summed E-state index contributed by atoms with van der Waals surface area (Å²) in [6.07, 6.45) is 1.03. The third kappa shape index (κ3) is 3.60. The number of nitrogens with zero attached hydrogens (tertiary/aromatic N) is 5. The molecular weight excluding hydrogens is 349 g/mol. The quantitative estimate of drug-likeness (QED) is 0.308. The molecule has 0 saturated carbocycles. The molecule has 1 fully saturated rings. The third-order valence-corrected chi connectivity index (χ3v) is 4.06. The molecule has 0 amide bonds. The van der Waals surface area contributed by atoms with Gasteiger partial charge in [0, 0.05) is 11.1 Å². The number of anilines is 1. The fourth-order valence-electron chi connectivity index (χ4n) is 2.69. The number of rotatable bonds is 7. The predicted molar refractivity (Wildman–Crippen MR) is 90.8 cm³/mol. The van der Waals surface area contributed by atoms with Gasteiger partial charge >= 0.3 is 0 Å². The topological polar surface area (TPSA) is 139 Å². The molecular formula is C12H16BN7O4S. The first kappa shape index (κ1) is 18.0. The second kappa shape index (κ2) is 7.21. The zero-order chi connectivity index (χ0) is 18.0. The van der Waals surface area contributed by atoms with Crippen LogP contribution in [0.1, 0.15) is 20.1 Å². The van der Waals surface area contributed by atoms with Crippen molar-refractivity contribution in [2.45, 2.75) is 38.1 Å². The maximum atomic E-state index is 10.2. The molecule has 25 heavy (non-hydrogen) atoms. The van der Waals surface area contributed by atoms with E-state index in [-0.39, 0.29) is 12.4 Å². The number of aromatic nitrogens is 4. The Labute approximate surface area is 148 Å². The Morgan fingerprint density at radius 1 is 1.52 bits per heavy atom. The number of nitrogens with one attached hydrogen (secondary N) is 1. The Bertz CT molecular complexity index is 760. The van der Waals surface area contributed by atoms with Gasteiger partial charge in [-0.25, -0.2) is 19.7 Å². The maximum Gasteiger partial charge on any atom is 0.283 e. The largest absolute Gasteiger partial charge is 0.441 e. The van der Waals surface area contributed by atoms with Crippen LogP contribution in [0.5, 0.6) is 0 Å². The first-order valence-corrected chi connectivity index (χ1v) is 8.10. The number of hydrogen-bond acceptors (Lipinski definition) is 11. The molecule has 3 unspecified atom stereocenters. The number of hydrogen-bond donors (Lipinski definition) is 2. The van der Waals surface area contributed by atoms with Crippen molar-refractivity contribution in [3.63, 3.8) is 0 Å². The number of fused-ring (bicyclic) bond motifs is 1. The first-order chi connectivity index (χ1) is 12.0. The van der Waals surface area contributed by atoms with Gasteiger partial charge in [-0.05, 0) is 13.8 Å². The Hall–Kier alpha value is -1.80. The monoisotopic (exact) mass is 365 g/mol. The van der Waals surface area contributed by atoms with Gasteiger partial charge in [0.25, 0.3) is 8.05 Å². The average molecular weight is 365 g/mol. The second-order valence-corrected chi connectivity index (χ2v) is 6.38. The van der Waals surface area contributed by atoms with E-state index in [4.69, 9.17) is 27.9 Å². The number of nitroso groups, excluding NO2 is 1. The molecule has 0 spiro atoms. The zero-order valence-electron chi connectivity index (χ0n) is 13.5. The minimum Gasteiger partial charge on any atom is -0.441 e. The molecule has 3 heterocycles. The highest BCUT2D eigenvalue weighted by Gasteiger charge is 2.46. The van der Waals surface area contributed by atoms with Crippen LogP contribution < -0.4 is 10.5 Å². The summed E-state index contributed by atoms with van der Waals surface area (Å²) in [5.41, 5.74) is 6.78. The summed E-state index contributed by atoms with van der Waals surface area (Å²) in [7, 11) is 5.41. The van der Waals surface area contributed by atoms with E-state index in [9.17, 15) is 4.91 Å². The molecule has 0 bridgehead atoms. The third-order valence-electron chi connectivity index (χ3n) is 3.69. The van der Waals surface area contributed by atoms with Crippen molar-refractivity contribution in [1.82, 2.24) is 24.2 Å². The lowest BCUT2D eigenvalue weighted by molar-refractivity contribution is -0.157. The van der Waals surface area contributed by atoms with Crippen LogP contribution >= 0.6 is 12.1 Å². The SMILES string of the molecule is [B]OC(CNSN=O)C1OC(C)(C)OC1n1cnc2c(N)ncnc21. The first-order valence-electron chi connectivity index (χ1n) is 7.32. The van der Waals surface area contributed by atoms with Crippen LogP contribution in [0.2, 0.25) is 0 Å². The van der Waals surface area contributed by atoms with Gasteiger partial charge in [-0.3, -0.25) is 4.57 Å². The van der Waals surface area contributed by atoms with E-state index in [2.05, 4.69) is 24.3 Å². The van der Waals surface area contributed by atoms with Crippen molar-refractivity contribution in [3.05, 3.63) is 17.6 Å². The molecule has 3 atom stereocenters. The van der Waals surface area contributed by atoms with Gasteiger partial charge in [-0.1, -0.05) is 0 Å². The standard InChI is InChI=1S/C12H16BN7O4S/c1-12(2)22-8(6(24-13)3-18-25-19-21)11(23-12)20-5-17-7-9(14)15-4-16-10(7)20/h4-6,8,11,18H,3H2,1-2H3,(H2,14,15,16). The molecule has 3 N–H and O–H groups in total. The number of imidazole rings is 1. The normalized spacial score (nSPS) is 23.8. The molecule has 2 aromatic heterocycles. The van der Waals surface area contributed by atoms with Crippen molar-refractivity contribution >= 4 is 37.2 Å².